The van der Waals surface area contributed by atoms with Gasteiger partial charge in [-0.15, -0.1) is 0 Å². The third-order valence-electron chi connectivity index (χ3n) is 2.53. The molecule has 0 atom stereocenters. The molecule has 0 fully saturated rings. The molecule has 0 aromatic heterocycles. The number of halogens is 1. The number of para-hydroxylation sites is 1. The minimum absolute atomic E-state index is 0.241. The largest absolute Gasteiger partial charge is 0.490 e. The van der Waals surface area contributed by atoms with Gasteiger partial charge in [-0.05, 0) is 35.8 Å². The third kappa shape index (κ3) is 6.41. The highest BCUT2D eigenvalue weighted by atomic mass is 79.9. The van der Waals surface area contributed by atoms with Crippen LogP contribution in [0.4, 0.5) is 0 Å². The Morgan fingerprint density at radius 3 is 2.53 bits per heavy atom. The van der Waals surface area contributed by atoms with Crippen molar-refractivity contribution >= 4 is 15.9 Å². The molecule has 3 nitrogen and oxygen atoms in total. The number of ether oxygens (including phenoxy) is 2. The number of hydrogen-bond acceptors (Lipinski definition) is 3. The van der Waals surface area contributed by atoms with Gasteiger partial charge >= 0.3 is 0 Å². The average Bonchev–Trinajstić information content (AvgIpc) is 2.33. The molecule has 0 bridgehead atoms. The molecule has 4 heteroatoms. The predicted molar refractivity (Wildman–Crippen MR) is 82.7 cm³/mol. The standard InChI is InChI=1S/C15H24BrNO2/c1-11(2)17-10-13-6-5-7-14(16)15(13)19-9-8-18-12(3)4/h5-7,11-12,17H,8-10H2,1-4H3. The molecule has 0 heterocycles. The van der Waals surface area contributed by atoms with Crippen molar-refractivity contribution in [2.45, 2.75) is 46.4 Å². The van der Waals surface area contributed by atoms with Crippen molar-refractivity contribution in [3.05, 3.63) is 28.2 Å². The van der Waals surface area contributed by atoms with E-state index in [0.29, 0.717) is 19.3 Å². The van der Waals surface area contributed by atoms with Crippen LogP contribution < -0.4 is 10.1 Å². The molecule has 0 aliphatic carbocycles. The predicted octanol–water partition coefficient (Wildman–Crippen LogP) is 3.75. The van der Waals surface area contributed by atoms with E-state index in [1.54, 1.807) is 0 Å². The Balaban J connectivity index is 2.58. The fourth-order valence-electron chi connectivity index (χ4n) is 1.60. The molecular formula is C15H24BrNO2. The van der Waals surface area contributed by atoms with E-state index < -0.39 is 0 Å². The zero-order valence-electron chi connectivity index (χ0n) is 12.2. The van der Waals surface area contributed by atoms with Crippen LogP contribution in [-0.2, 0) is 11.3 Å². The van der Waals surface area contributed by atoms with Gasteiger partial charge in [-0.2, -0.15) is 0 Å². The first-order chi connectivity index (χ1) is 9.00. The molecule has 0 aliphatic heterocycles. The number of nitrogens with one attached hydrogen (secondary N) is 1. The van der Waals surface area contributed by atoms with Gasteiger partial charge in [0.15, 0.2) is 0 Å². The van der Waals surface area contributed by atoms with Gasteiger partial charge in [-0.1, -0.05) is 26.0 Å². The lowest BCUT2D eigenvalue weighted by atomic mass is 10.2. The first-order valence-electron chi connectivity index (χ1n) is 6.76. The molecule has 0 aliphatic rings. The van der Waals surface area contributed by atoms with Crippen molar-refractivity contribution in [2.24, 2.45) is 0 Å². The van der Waals surface area contributed by atoms with Crippen LogP contribution >= 0.6 is 15.9 Å². The highest BCUT2D eigenvalue weighted by Crippen LogP contribution is 2.29. The summed E-state index contributed by atoms with van der Waals surface area (Å²) in [5.41, 5.74) is 1.16. The Labute approximate surface area is 124 Å². The highest BCUT2D eigenvalue weighted by molar-refractivity contribution is 9.10. The van der Waals surface area contributed by atoms with E-state index in [9.17, 15) is 0 Å². The maximum Gasteiger partial charge on any atom is 0.138 e. The van der Waals surface area contributed by atoms with E-state index in [-0.39, 0.29) is 6.10 Å². The summed E-state index contributed by atoms with van der Waals surface area (Å²) in [5, 5.41) is 3.41. The summed E-state index contributed by atoms with van der Waals surface area (Å²) in [6.07, 6.45) is 0.241. The molecule has 1 aromatic carbocycles. The van der Waals surface area contributed by atoms with E-state index in [1.165, 1.54) is 0 Å². The summed E-state index contributed by atoms with van der Waals surface area (Å²) >= 11 is 3.54. The molecule has 1 N–H and O–H groups in total. The summed E-state index contributed by atoms with van der Waals surface area (Å²) in [6, 6.07) is 6.56. The molecule has 0 spiro atoms. The Hall–Kier alpha value is -0.580. The van der Waals surface area contributed by atoms with Crippen LogP contribution in [0.3, 0.4) is 0 Å². The van der Waals surface area contributed by atoms with Crippen LogP contribution in [0.25, 0.3) is 0 Å². The molecule has 0 unspecified atom stereocenters. The summed E-state index contributed by atoms with van der Waals surface area (Å²) in [7, 11) is 0. The van der Waals surface area contributed by atoms with Crippen LogP contribution in [0, 0.1) is 0 Å². The molecule has 0 radical (unpaired) electrons. The average molecular weight is 330 g/mol. The number of hydrogen-bond donors (Lipinski definition) is 1. The monoisotopic (exact) mass is 329 g/mol. The molecule has 1 rings (SSSR count). The van der Waals surface area contributed by atoms with Gasteiger partial charge < -0.3 is 14.8 Å². The van der Waals surface area contributed by atoms with Crippen molar-refractivity contribution < 1.29 is 9.47 Å². The Kier molecular flexibility index (Phi) is 7.42. The Morgan fingerprint density at radius 1 is 1.16 bits per heavy atom. The minimum atomic E-state index is 0.241. The van der Waals surface area contributed by atoms with Crippen molar-refractivity contribution in [1.82, 2.24) is 5.32 Å². The Morgan fingerprint density at radius 2 is 1.89 bits per heavy atom. The molecule has 108 valence electrons. The molecule has 19 heavy (non-hydrogen) atoms. The maximum atomic E-state index is 5.84. The number of rotatable bonds is 8. The van der Waals surface area contributed by atoms with E-state index in [4.69, 9.17) is 9.47 Å². The molecule has 0 saturated heterocycles. The van der Waals surface area contributed by atoms with Gasteiger partial charge in [-0.3, -0.25) is 0 Å². The second-order valence-corrected chi connectivity index (χ2v) is 5.89. The van der Waals surface area contributed by atoms with Crippen molar-refractivity contribution in [3.8, 4) is 5.75 Å². The van der Waals surface area contributed by atoms with Crippen LogP contribution in [0.1, 0.15) is 33.3 Å². The van der Waals surface area contributed by atoms with Gasteiger partial charge in [0.2, 0.25) is 0 Å². The smallest absolute Gasteiger partial charge is 0.138 e. The highest BCUT2D eigenvalue weighted by Gasteiger charge is 2.08. The van der Waals surface area contributed by atoms with E-state index >= 15 is 0 Å². The molecular weight excluding hydrogens is 306 g/mol. The van der Waals surface area contributed by atoms with Crippen molar-refractivity contribution in [2.75, 3.05) is 13.2 Å². The molecule has 1 aromatic rings. The van der Waals surface area contributed by atoms with Gasteiger partial charge in [0, 0.05) is 18.2 Å². The minimum Gasteiger partial charge on any atom is -0.490 e. The van der Waals surface area contributed by atoms with Crippen LogP contribution in [-0.4, -0.2) is 25.4 Å². The lowest BCUT2D eigenvalue weighted by Gasteiger charge is -2.16. The topological polar surface area (TPSA) is 30.5 Å². The summed E-state index contributed by atoms with van der Waals surface area (Å²) in [5.74, 6) is 0.906. The fourth-order valence-corrected chi connectivity index (χ4v) is 2.12. The fraction of sp³-hybridized carbons (Fsp3) is 0.600. The zero-order chi connectivity index (χ0) is 14.3. The van der Waals surface area contributed by atoms with Crippen molar-refractivity contribution in [3.63, 3.8) is 0 Å². The normalized spacial score (nSPS) is 11.3. The second-order valence-electron chi connectivity index (χ2n) is 5.03. The van der Waals surface area contributed by atoms with Gasteiger partial charge in [-0.25, -0.2) is 0 Å². The lowest BCUT2D eigenvalue weighted by Crippen LogP contribution is -2.22. The maximum absolute atomic E-state index is 5.84. The SMILES string of the molecule is CC(C)NCc1cccc(Br)c1OCCOC(C)C. The third-order valence-corrected chi connectivity index (χ3v) is 3.15. The molecule has 0 saturated carbocycles. The summed E-state index contributed by atoms with van der Waals surface area (Å²) < 4.78 is 12.3. The van der Waals surface area contributed by atoms with E-state index in [1.807, 2.05) is 26.0 Å². The van der Waals surface area contributed by atoms with Crippen LogP contribution in [0.5, 0.6) is 5.75 Å². The van der Waals surface area contributed by atoms with E-state index in [2.05, 4.69) is 41.2 Å². The van der Waals surface area contributed by atoms with Crippen molar-refractivity contribution in [1.29, 1.82) is 0 Å². The van der Waals surface area contributed by atoms with Gasteiger partial charge in [0.25, 0.3) is 0 Å². The number of benzene rings is 1. The second kappa shape index (κ2) is 8.56. The van der Waals surface area contributed by atoms with Crippen LogP contribution in [0.2, 0.25) is 0 Å². The lowest BCUT2D eigenvalue weighted by molar-refractivity contribution is 0.0548. The summed E-state index contributed by atoms with van der Waals surface area (Å²) in [6.45, 7) is 10.3. The van der Waals surface area contributed by atoms with E-state index in [0.717, 1.165) is 22.3 Å². The Bertz CT molecular complexity index is 380. The zero-order valence-corrected chi connectivity index (χ0v) is 13.8. The van der Waals surface area contributed by atoms with Gasteiger partial charge in [0.1, 0.15) is 12.4 Å². The first kappa shape index (κ1) is 16.5. The first-order valence-corrected chi connectivity index (χ1v) is 7.55. The van der Waals surface area contributed by atoms with Crippen LogP contribution in [0.15, 0.2) is 22.7 Å². The van der Waals surface area contributed by atoms with Gasteiger partial charge in [0.05, 0.1) is 17.2 Å². The summed E-state index contributed by atoms with van der Waals surface area (Å²) in [4.78, 5) is 0. The quantitative estimate of drug-likeness (QED) is 0.737. The molecule has 0 amide bonds.